The van der Waals surface area contributed by atoms with E-state index in [9.17, 15) is 24.0 Å². The van der Waals surface area contributed by atoms with Crippen LogP contribution >= 0.6 is 0 Å². The van der Waals surface area contributed by atoms with Crippen LogP contribution in [0.4, 0.5) is 0 Å². The minimum Gasteiger partial charge on any atom is -0.493 e. The predicted molar refractivity (Wildman–Crippen MR) is 441 cm³/mol. The van der Waals surface area contributed by atoms with E-state index in [4.69, 9.17) is 37.9 Å². The van der Waals surface area contributed by atoms with E-state index in [-0.39, 0.29) is 35.0 Å². The molecule has 0 bridgehead atoms. The lowest BCUT2D eigenvalue weighted by atomic mass is 10.0. The number of rotatable bonds is 57. The molecule has 0 saturated carbocycles. The molecule has 0 aliphatic rings. The lowest BCUT2D eigenvalue weighted by molar-refractivity contribution is -0.119. The Morgan fingerprint density at radius 2 is 0.519 bits per heavy atom. The van der Waals surface area contributed by atoms with Crippen LogP contribution in [0.5, 0.6) is 46.0 Å². The number of carbonyl (C=O) groups is 5. The van der Waals surface area contributed by atoms with E-state index in [1.807, 2.05) is 97.6 Å². The Labute approximate surface area is 643 Å². The fraction of sp³-hybridized carbons (Fsp3) is 0.670. The van der Waals surface area contributed by atoms with Crippen molar-refractivity contribution in [3.8, 4) is 46.0 Å². The van der Waals surface area contributed by atoms with Crippen LogP contribution in [-0.4, -0.2) is 143 Å². The van der Waals surface area contributed by atoms with Gasteiger partial charge < -0.3 is 64.5 Å². The summed E-state index contributed by atoms with van der Waals surface area (Å²) in [6.45, 7) is 35.8. The summed E-state index contributed by atoms with van der Waals surface area (Å²) in [7, 11) is 9.60. The van der Waals surface area contributed by atoms with Gasteiger partial charge in [0.15, 0.2) is 23.1 Å². The Morgan fingerprint density at radius 1 is 0.292 bits per heavy atom. The van der Waals surface area contributed by atoms with E-state index in [0.29, 0.717) is 81.7 Å². The highest BCUT2D eigenvalue weighted by Crippen LogP contribution is 2.37. The van der Waals surface area contributed by atoms with E-state index < -0.39 is 0 Å². The molecule has 0 amide bonds. The average molecular weight is 1490 g/mol. The monoisotopic (exact) mass is 1480 g/mol. The first kappa shape index (κ1) is 99.4. The number of hydrogen-bond donors (Lipinski definition) is 5. The maximum atomic E-state index is 12.0. The molecule has 0 aliphatic heterocycles. The van der Waals surface area contributed by atoms with Crippen molar-refractivity contribution in [2.45, 2.75) is 283 Å². The van der Waals surface area contributed by atoms with Gasteiger partial charge in [0.05, 0.1) is 58.9 Å². The van der Waals surface area contributed by atoms with Crippen LogP contribution in [0.3, 0.4) is 0 Å². The second kappa shape index (κ2) is 65.5. The van der Waals surface area contributed by atoms with Crippen LogP contribution in [0, 0.1) is 0 Å². The zero-order chi connectivity index (χ0) is 79.1. The highest BCUT2D eigenvalue weighted by Gasteiger charge is 2.21. The molecule has 1 atom stereocenters. The third-order valence-corrected chi connectivity index (χ3v) is 17.5. The number of Topliss-reactive ketones (excluding diaryl/α,β-unsaturated/α-hetero) is 5. The maximum absolute atomic E-state index is 12.0. The Balaban J connectivity index is 0.00000133. The van der Waals surface area contributed by atoms with E-state index in [1.165, 1.54) is 0 Å². The van der Waals surface area contributed by atoms with E-state index in [2.05, 4.69) is 75.1 Å². The van der Waals surface area contributed by atoms with Gasteiger partial charge in [-0.15, -0.1) is 0 Å². The molecule has 0 aliphatic carbocycles. The average Bonchev–Trinajstić information content (AvgIpc) is 0.844. The molecule has 4 aromatic carbocycles. The summed E-state index contributed by atoms with van der Waals surface area (Å²) in [5, 5.41) is 15.7. The summed E-state index contributed by atoms with van der Waals surface area (Å²) in [5.74, 6) is 6.70. The lowest BCUT2D eigenvalue weighted by Crippen LogP contribution is -2.31. The van der Waals surface area contributed by atoms with Gasteiger partial charge in [0.2, 0.25) is 0 Å². The van der Waals surface area contributed by atoms with Crippen molar-refractivity contribution in [3.05, 3.63) is 93.0 Å². The van der Waals surface area contributed by atoms with Gasteiger partial charge in [-0.05, 0) is 235 Å². The molecule has 106 heavy (non-hydrogen) atoms. The lowest BCUT2D eigenvalue weighted by Gasteiger charge is -2.18. The normalized spacial score (nSPS) is 10.9. The number of unbranched alkanes of at least 4 members (excludes halogenated alkanes) is 13. The Kier molecular flexibility index (Phi) is 61.4. The molecule has 0 saturated heterocycles. The van der Waals surface area contributed by atoms with Crippen molar-refractivity contribution >= 4 is 28.9 Å². The summed E-state index contributed by atoms with van der Waals surface area (Å²) in [5.41, 5.74) is 6.85. The van der Waals surface area contributed by atoms with Gasteiger partial charge in [-0.2, -0.15) is 0 Å². The fourth-order valence-corrected chi connectivity index (χ4v) is 11.2. The summed E-state index contributed by atoms with van der Waals surface area (Å²) in [6.07, 6.45) is 28.9. The Hall–Kier alpha value is -6.57. The van der Waals surface area contributed by atoms with Crippen LogP contribution < -0.4 is 64.5 Å². The quantitative estimate of drug-likeness (QED) is 0.0205. The third-order valence-electron chi connectivity index (χ3n) is 17.5. The number of hydrogen-bond acceptors (Lipinski definition) is 18. The van der Waals surface area contributed by atoms with Crippen molar-refractivity contribution in [2.75, 3.05) is 108 Å². The van der Waals surface area contributed by atoms with Crippen LogP contribution in [0.2, 0.25) is 0 Å². The fourth-order valence-electron chi connectivity index (χ4n) is 11.2. The van der Waals surface area contributed by atoms with Crippen molar-refractivity contribution < 1.29 is 61.9 Å². The molecule has 0 aromatic heterocycles. The first-order valence-electron chi connectivity index (χ1n) is 40.8. The summed E-state index contributed by atoms with van der Waals surface area (Å²) in [4.78, 5) is 58.2. The third kappa shape index (κ3) is 44.0. The van der Waals surface area contributed by atoms with E-state index in [1.54, 1.807) is 34.6 Å². The molecule has 0 radical (unpaired) electrons. The Bertz CT molecular complexity index is 2750. The number of ether oxygens (including phenoxy) is 8. The van der Waals surface area contributed by atoms with Crippen molar-refractivity contribution in [1.29, 1.82) is 0 Å². The zero-order valence-electron chi connectivity index (χ0n) is 70.1. The van der Waals surface area contributed by atoms with Crippen molar-refractivity contribution in [1.82, 2.24) is 26.6 Å². The topological polar surface area (TPSA) is 219 Å². The molecule has 18 heteroatoms. The molecule has 0 spiro atoms. The second-order valence-corrected chi connectivity index (χ2v) is 27.0. The molecule has 4 aromatic rings. The van der Waals surface area contributed by atoms with Gasteiger partial charge in [-0.1, -0.05) is 138 Å². The number of benzene rings is 4. The van der Waals surface area contributed by atoms with Gasteiger partial charge >= 0.3 is 0 Å². The van der Waals surface area contributed by atoms with E-state index >= 15 is 0 Å². The summed E-state index contributed by atoms with van der Waals surface area (Å²) < 4.78 is 47.6. The number of ketones is 5. The van der Waals surface area contributed by atoms with Crippen LogP contribution in [0.15, 0.2) is 48.5 Å². The molecule has 0 heterocycles. The van der Waals surface area contributed by atoms with Crippen LogP contribution in [-0.2, 0) is 30.6 Å². The standard InChI is InChI=1S/2C22H37NO3.C20H33NO3.C16H25NO3.C8H17NO/c2*1-5-7-9-14-25-21-16-19(18(3)24)17-22(26-15-10-8-6-2)20(21)12-11-13-23-4;1-5-7-9-11-23-19-13-17(16(3)22)14-20(18(19)15-21-4)24-12-10-8-6-2;1-5-19-15-10-13(12(3)18)11-16(20-6-2)14(15)8-7-9-17-4;1-4-5-6-8(9-3)7(2)10/h2*16-17,23H,5-15H2,1-4H3;13-14,21H,5-12,15H2,1-4H3;10-11,17H,5-9H2,1-4H3;8-9H,4-6H2,1-3H3/t;;;;8-/m....0/s1. The highest BCUT2D eigenvalue weighted by atomic mass is 16.5. The number of likely N-dealkylation sites (N-methyl/N-ethyl adjacent to an activating group) is 1. The minimum absolute atomic E-state index is 0.0219. The molecular formula is C88H149N5O13. The molecule has 604 valence electrons. The molecule has 4 rings (SSSR count). The van der Waals surface area contributed by atoms with Gasteiger partial charge in [0.25, 0.3) is 0 Å². The van der Waals surface area contributed by atoms with Gasteiger partial charge in [0, 0.05) is 51.1 Å². The first-order valence-corrected chi connectivity index (χ1v) is 40.8. The molecule has 0 fully saturated rings. The summed E-state index contributed by atoms with van der Waals surface area (Å²) in [6, 6.07) is 15.0. The highest BCUT2D eigenvalue weighted by molar-refractivity contribution is 5.97. The zero-order valence-corrected chi connectivity index (χ0v) is 70.1. The second-order valence-electron chi connectivity index (χ2n) is 27.0. The molecule has 0 unspecified atom stereocenters. The maximum Gasteiger partial charge on any atom is 0.160 e. The Morgan fingerprint density at radius 3 is 0.698 bits per heavy atom. The minimum atomic E-state index is 0.0219. The van der Waals surface area contributed by atoms with E-state index in [0.717, 1.165) is 261 Å². The predicted octanol–water partition coefficient (Wildman–Crippen LogP) is 19.3. The number of nitrogens with one attached hydrogen (secondary N) is 5. The largest absolute Gasteiger partial charge is 0.493 e. The SMILES string of the molecule is CCCCCOc1cc(C(C)=O)cc(OCCCCC)c1CCCNC.CCCCCOc1cc(C(C)=O)cc(OCCCCC)c1CCCNC.CCCCCOc1cc(C(C)=O)cc(OCCCCC)c1CNC.CCCC[C@H](NC)C(C)=O.CCOc1cc(C(C)=O)cc(OCC)c1CCCNC. The summed E-state index contributed by atoms with van der Waals surface area (Å²) >= 11 is 0. The molecule has 5 N–H and O–H groups in total. The van der Waals surface area contributed by atoms with Crippen molar-refractivity contribution in [3.63, 3.8) is 0 Å². The van der Waals surface area contributed by atoms with Gasteiger partial charge in [0.1, 0.15) is 51.8 Å². The number of carbonyl (C=O) groups excluding carboxylic acids is 5. The van der Waals surface area contributed by atoms with Crippen LogP contribution in [0.1, 0.15) is 315 Å². The van der Waals surface area contributed by atoms with Crippen molar-refractivity contribution in [2.24, 2.45) is 0 Å². The first-order chi connectivity index (χ1) is 51.3. The van der Waals surface area contributed by atoms with Crippen LogP contribution in [0.25, 0.3) is 0 Å². The smallest absolute Gasteiger partial charge is 0.160 e. The molecular weight excluding hydrogens is 1330 g/mol. The van der Waals surface area contributed by atoms with Gasteiger partial charge in [-0.3, -0.25) is 24.0 Å². The molecule has 18 nitrogen and oxygen atoms in total. The van der Waals surface area contributed by atoms with Gasteiger partial charge in [-0.25, -0.2) is 0 Å².